The molecule has 0 amide bonds. The highest BCUT2D eigenvalue weighted by molar-refractivity contribution is 6.74. The topological polar surface area (TPSA) is 57.2 Å². The van der Waals surface area contributed by atoms with Gasteiger partial charge in [0.1, 0.15) is 18.3 Å². The fourth-order valence-corrected chi connectivity index (χ4v) is 5.10. The first-order valence-electron chi connectivity index (χ1n) is 9.66. The predicted octanol–water partition coefficient (Wildman–Crippen LogP) is 4.52. The molecule has 1 fully saturated rings. The van der Waals surface area contributed by atoms with Crippen LogP contribution in [0, 0.1) is 0 Å². The molecular weight excluding hydrogens is 364 g/mol. The Morgan fingerprint density at radius 1 is 0.846 bits per heavy atom. The predicted molar refractivity (Wildman–Crippen MR) is 111 cm³/mol. The molecule has 1 aliphatic heterocycles. The first-order chi connectivity index (χ1) is 11.4. The number of ether oxygens (including phenoxy) is 2. The molecule has 0 bridgehead atoms. The molecule has 0 aromatic heterocycles. The average molecular weight is 407 g/mol. The molecule has 0 radical (unpaired) electrons. The summed E-state index contributed by atoms with van der Waals surface area (Å²) < 4.78 is 25.0. The van der Waals surface area contributed by atoms with Gasteiger partial charge in [0.2, 0.25) is 0 Å². The van der Waals surface area contributed by atoms with E-state index in [-0.39, 0.29) is 22.3 Å². The molecule has 5 atom stereocenters. The SMILES string of the molecule is CO[C@H]1O[C@H]([C@H](C)O)[C@@H](O[Si](C)(C)C(C)(C)C)[C@@H]1O[Si](C)(C)C(C)(C)C. The fourth-order valence-electron chi connectivity index (χ4n) is 2.52. The Hall–Kier alpha value is 0.234. The quantitative estimate of drug-likeness (QED) is 0.657. The number of hydrogen-bond acceptors (Lipinski definition) is 5. The monoisotopic (exact) mass is 406 g/mol. The van der Waals surface area contributed by atoms with Gasteiger partial charge in [0.25, 0.3) is 0 Å². The maximum absolute atomic E-state index is 10.3. The fraction of sp³-hybridized carbons (Fsp3) is 1.00. The summed E-state index contributed by atoms with van der Waals surface area (Å²) in [6.07, 6.45) is -2.32. The summed E-state index contributed by atoms with van der Waals surface area (Å²) in [5.41, 5.74) is 0. The van der Waals surface area contributed by atoms with Crippen molar-refractivity contribution in [1.82, 2.24) is 0 Å². The van der Waals surface area contributed by atoms with Gasteiger partial charge in [-0.2, -0.15) is 0 Å². The number of rotatable bonds is 6. The molecule has 5 nitrogen and oxygen atoms in total. The molecule has 0 spiro atoms. The number of methoxy groups -OCH3 is 1. The van der Waals surface area contributed by atoms with E-state index in [1.54, 1.807) is 14.0 Å². The summed E-state index contributed by atoms with van der Waals surface area (Å²) in [5.74, 6) is 0. The molecule has 26 heavy (non-hydrogen) atoms. The van der Waals surface area contributed by atoms with Crippen molar-refractivity contribution in [2.24, 2.45) is 0 Å². The molecule has 1 saturated heterocycles. The van der Waals surface area contributed by atoms with E-state index in [9.17, 15) is 5.11 Å². The minimum absolute atomic E-state index is 0.0585. The van der Waals surface area contributed by atoms with E-state index in [1.807, 2.05) is 0 Å². The van der Waals surface area contributed by atoms with Crippen LogP contribution >= 0.6 is 0 Å². The van der Waals surface area contributed by atoms with E-state index in [4.69, 9.17) is 18.3 Å². The molecule has 1 rings (SSSR count). The summed E-state index contributed by atoms with van der Waals surface area (Å²) in [6.45, 7) is 23.9. The van der Waals surface area contributed by atoms with Crippen molar-refractivity contribution in [1.29, 1.82) is 0 Å². The van der Waals surface area contributed by atoms with Crippen molar-refractivity contribution in [3.63, 3.8) is 0 Å². The Morgan fingerprint density at radius 2 is 1.23 bits per heavy atom. The van der Waals surface area contributed by atoms with Gasteiger partial charge in [0, 0.05) is 7.11 Å². The van der Waals surface area contributed by atoms with E-state index in [2.05, 4.69) is 67.7 Å². The number of hydrogen-bond donors (Lipinski definition) is 1. The highest BCUT2D eigenvalue weighted by atomic mass is 28.4. The van der Waals surface area contributed by atoms with Crippen LogP contribution in [0.15, 0.2) is 0 Å². The zero-order valence-electron chi connectivity index (χ0n) is 19.0. The van der Waals surface area contributed by atoms with Crippen LogP contribution in [0.25, 0.3) is 0 Å². The molecule has 0 aliphatic carbocycles. The molecule has 7 heteroatoms. The van der Waals surface area contributed by atoms with Gasteiger partial charge in [-0.05, 0) is 43.2 Å². The highest BCUT2D eigenvalue weighted by Gasteiger charge is 2.54. The highest BCUT2D eigenvalue weighted by Crippen LogP contribution is 2.44. The van der Waals surface area contributed by atoms with Crippen LogP contribution in [-0.2, 0) is 18.3 Å². The van der Waals surface area contributed by atoms with Gasteiger partial charge in [0.15, 0.2) is 22.9 Å². The Bertz CT molecular complexity index is 466. The molecule has 156 valence electrons. The van der Waals surface area contributed by atoms with Crippen LogP contribution < -0.4 is 0 Å². The van der Waals surface area contributed by atoms with Crippen LogP contribution in [0.4, 0.5) is 0 Å². The zero-order chi connectivity index (χ0) is 20.7. The van der Waals surface area contributed by atoms with Crippen molar-refractivity contribution in [2.75, 3.05) is 7.11 Å². The minimum atomic E-state index is -2.07. The van der Waals surface area contributed by atoms with Crippen LogP contribution in [0.3, 0.4) is 0 Å². The van der Waals surface area contributed by atoms with Crippen LogP contribution in [-0.4, -0.2) is 59.6 Å². The lowest BCUT2D eigenvalue weighted by atomic mass is 10.1. The summed E-state index contributed by atoms with van der Waals surface area (Å²) in [5, 5.41) is 10.4. The summed E-state index contributed by atoms with van der Waals surface area (Å²) in [4.78, 5) is 0. The second-order valence-corrected chi connectivity index (χ2v) is 20.1. The normalized spacial score (nSPS) is 29.9. The largest absolute Gasteiger partial charge is 0.408 e. The maximum Gasteiger partial charge on any atom is 0.192 e. The van der Waals surface area contributed by atoms with Crippen molar-refractivity contribution in [3.05, 3.63) is 0 Å². The van der Waals surface area contributed by atoms with Gasteiger partial charge in [0.05, 0.1) is 6.10 Å². The lowest BCUT2D eigenvalue weighted by Gasteiger charge is -2.44. The van der Waals surface area contributed by atoms with Gasteiger partial charge in [-0.1, -0.05) is 41.5 Å². The second-order valence-electron chi connectivity index (χ2n) is 10.6. The van der Waals surface area contributed by atoms with Gasteiger partial charge >= 0.3 is 0 Å². The lowest BCUT2D eigenvalue weighted by molar-refractivity contribution is -0.159. The number of aliphatic hydroxyl groups excluding tert-OH is 1. The van der Waals surface area contributed by atoms with Gasteiger partial charge in [-0.15, -0.1) is 0 Å². The van der Waals surface area contributed by atoms with Gasteiger partial charge in [-0.3, -0.25) is 0 Å². The smallest absolute Gasteiger partial charge is 0.192 e. The van der Waals surface area contributed by atoms with Crippen LogP contribution in [0.1, 0.15) is 48.5 Å². The first-order valence-corrected chi connectivity index (χ1v) is 15.5. The summed E-state index contributed by atoms with van der Waals surface area (Å²) >= 11 is 0. The minimum Gasteiger partial charge on any atom is -0.408 e. The van der Waals surface area contributed by atoms with Crippen LogP contribution in [0.5, 0.6) is 0 Å². The molecule has 1 N–H and O–H groups in total. The third-order valence-corrected chi connectivity index (χ3v) is 15.3. The Labute approximate surface area is 163 Å². The summed E-state index contributed by atoms with van der Waals surface area (Å²) in [7, 11) is -2.51. The lowest BCUT2D eigenvalue weighted by Crippen LogP contribution is -2.55. The maximum atomic E-state index is 10.3. The molecule has 1 aliphatic rings. The summed E-state index contributed by atoms with van der Waals surface area (Å²) in [6, 6.07) is 0. The molecule has 0 aromatic carbocycles. The van der Waals surface area contributed by atoms with E-state index >= 15 is 0 Å². The molecule has 0 saturated carbocycles. The van der Waals surface area contributed by atoms with Gasteiger partial charge < -0.3 is 23.4 Å². The van der Waals surface area contributed by atoms with Crippen molar-refractivity contribution < 1.29 is 23.4 Å². The van der Waals surface area contributed by atoms with Crippen molar-refractivity contribution in [3.8, 4) is 0 Å². The van der Waals surface area contributed by atoms with Crippen molar-refractivity contribution >= 4 is 16.6 Å². The third kappa shape index (κ3) is 5.18. The van der Waals surface area contributed by atoms with Crippen LogP contribution in [0.2, 0.25) is 36.3 Å². The number of aliphatic hydroxyl groups is 1. The van der Waals surface area contributed by atoms with E-state index in [1.165, 1.54) is 0 Å². The Kier molecular flexibility index (Phi) is 7.40. The van der Waals surface area contributed by atoms with E-state index in [0.717, 1.165) is 0 Å². The zero-order valence-corrected chi connectivity index (χ0v) is 21.0. The third-order valence-electron chi connectivity index (χ3n) is 6.39. The van der Waals surface area contributed by atoms with Crippen molar-refractivity contribution in [2.45, 2.75) is 115 Å². The standard InChI is InChI=1S/C19H42O5Si2/c1-13(20)14-15(23-25(9,10)18(2,3)4)16(17(21-8)22-14)24-26(11,12)19(5,6)7/h13-17,20H,1-12H3/t13-,14+,15+,16-,17-/m0/s1. The molecular formula is C19H42O5Si2. The average Bonchev–Trinajstić information content (AvgIpc) is 2.73. The second kappa shape index (κ2) is 7.93. The molecule has 0 aromatic rings. The molecule has 0 unspecified atom stereocenters. The molecule has 1 heterocycles. The van der Waals surface area contributed by atoms with E-state index < -0.39 is 35.1 Å². The Balaban J connectivity index is 3.24. The Morgan fingerprint density at radius 3 is 1.54 bits per heavy atom. The van der Waals surface area contributed by atoms with E-state index in [0.29, 0.717) is 0 Å². The first kappa shape index (κ1) is 24.3. The van der Waals surface area contributed by atoms with Gasteiger partial charge in [-0.25, -0.2) is 0 Å².